The van der Waals surface area contributed by atoms with Gasteiger partial charge in [0.05, 0.1) is 6.04 Å². The fourth-order valence-corrected chi connectivity index (χ4v) is 4.93. The molecular weight excluding hydrogens is 447 g/mol. The van der Waals surface area contributed by atoms with Gasteiger partial charge in [-0.3, -0.25) is 4.79 Å². The molecule has 9 heteroatoms. The second kappa shape index (κ2) is 7.59. The van der Waals surface area contributed by atoms with Crippen molar-refractivity contribution in [3.05, 3.63) is 64.9 Å². The molecule has 2 aliphatic heterocycles. The molecule has 6 rings (SSSR count). The van der Waals surface area contributed by atoms with Crippen LogP contribution in [0.4, 0.5) is 10.4 Å². The average molecular weight is 467 g/mol. The molecule has 2 aromatic heterocycles. The number of hydrogen-bond donors (Lipinski definition) is 0. The number of oxazole rings is 2. The number of aromatic nitrogens is 2. The van der Waals surface area contributed by atoms with Crippen molar-refractivity contribution in [3.8, 4) is 11.3 Å². The molecule has 168 valence electrons. The summed E-state index contributed by atoms with van der Waals surface area (Å²) < 4.78 is 25.4. The molecule has 1 amide bonds. The number of likely N-dealkylation sites (tertiary alicyclic amines) is 1. The van der Waals surface area contributed by atoms with Gasteiger partial charge in [-0.05, 0) is 36.8 Å². The highest BCUT2D eigenvalue weighted by atomic mass is 35.5. The second-order valence-corrected chi connectivity index (χ2v) is 8.99. The zero-order valence-electron chi connectivity index (χ0n) is 17.8. The molecule has 0 aliphatic carbocycles. The van der Waals surface area contributed by atoms with E-state index < -0.39 is 5.82 Å². The normalized spacial score (nSPS) is 20.1. The van der Waals surface area contributed by atoms with Crippen LogP contribution in [0.1, 0.15) is 22.8 Å². The van der Waals surface area contributed by atoms with Crippen molar-refractivity contribution < 1.29 is 18.0 Å². The number of carbonyl (C=O) groups is 1. The van der Waals surface area contributed by atoms with Crippen molar-refractivity contribution in [1.82, 2.24) is 14.9 Å². The fraction of sp³-hybridized carbons (Fsp3) is 0.292. The summed E-state index contributed by atoms with van der Waals surface area (Å²) in [7, 11) is 0. The number of anilines is 1. The predicted molar refractivity (Wildman–Crippen MR) is 121 cm³/mol. The third-order valence-corrected chi connectivity index (χ3v) is 6.68. The first kappa shape index (κ1) is 20.2. The van der Waals surface area contributed by atoms with Crippen molar-refractivity contribution >= 4 is 34.6 Å². The zero-order valence-corrected chi connectivity index (χ0v) is 18.6. The maximum atomic E-state index is 13.8. The van der Waals surface area contributed by atoms with Crippen molar-refractivity contribution in [2.45, 2.75) is 19.4 Å². The van der Waals surface area contributed by atoms with Crippen molar-refractivity contribution in [2.24, 2.45) is 5.92 Å². The first-order valence-electron chi connectivity index (χ1n) is 10.8. The first-order chi connectivity index (χ1) is 16.0. The summed E-state index contributed by atoms with van der Waals surface area (Å²) in [4.78, 5) is 26.2. The lowest BCUT2D eigenvalue weighted by atomic mass is 9.82. The van der Waals surface area contributed by atoms with Crippen molar-refractivity contribution in [3.63, 3.8) is 0 Å². The van der Waals surface area contributed by atoms with E-state index in [-0.39, 0.29) is 17.6 Å². The minimum atomic E-state index is -0.398. The van der Waals surface area contributed by atoms with E-state index in [2.05, 4.69) is 14.9 Å². The smallest absolute Gasteiger partial charge is 0.298 e. The summed E-state index contributed by atoms with van der Waals surface area (Å²) in [6.45, 7) is 3.67. The number of piperidine rings is 1. The Kier molecular flexibility index (Phi) is 4.65. The Hall–Kier alpha value is -3.39. The van der Waals surface area contributed by atoms with E-state index in [9.17, 15) is 9.18 Å². The van der Waals surface area contributed by atoms with Gasteiger partial charge >= 0.3 is 0 Å². The number of nitrogens with zero attached hydrogens (tertiary/aromatic N) is 4. The number of amides is 1. The minimum absolute atomic E-state index is 0.108. The Balaban J connectivity index is 1.25. The van der Waals surface area contributed by atoms with Crippen LogP contribution in [0.25, 0.3) is 22.4 Å². The number of halogens is 2. The Morgan fingerprint density at radius 1 is 1.15 bits per heavy atom. The van der Waals surface area contributed by atoms with Gasteiger partial charge in [0.15, 0.2) is 22.9 Å². The number of carbonyl (C=O) groups excluding carboxylic acids is 1. The Morgan fingerprint density at radius 2 is 2.03 bits per heavy atom. The van der Waals surface area contributed by atoms with Crippen LogP contribution in [0, 0.1) is 18.7 Å². The molecule has 0 saturated carbocycles. The maximum Gasteiger partial charge on any atom is 0.298 e. The summed E-state index contributed by atoms with van der Waals surface area (Å²) in [5, 5.41) is 0.607. The molecule has 33 heavy (non-hydrogen) atoms. The minimum Gasteiger partial charge on any atom is -0.440 e. The van der Waals surface area contributed by atoms with Crippen LogP contribution in [0.2, 0.25) is 5.02 Å². The van der Waals surface area contributed by atoms with Gasteiger partial charge in [0.1, 0.15) is 11.3 Å². The standard InChI is InChI=1S/C24H20ClFN4O3/c1-13-27-21(22(32-13)14-3-2-4-17(26)9-14)23(31)29-8-7-15-11-30(19(15)12-29)24-28-18-10-16(25)5-6-20(18)33-24/h2-6,9-10,15,19H,7-8,11-12H2,1H3/t15-,19-/m0/s1. The molecule has 0 unspecified atom stereocenters. The largest absolute Gasteiger partial charge is 0.440 e. The SMILES string of the molecule is Cc1nc(C(=O)N2CC[C@H]3CN(c4nc5cc(Cl)ccc5o4)[C@H]3C2)c(-c2cccc(F)c2)o1. The monoisotopic (exact) mass is 466 g/mol. The number of aryl methyl sites for hydroxylation is 1. The molecule has 2 atom stereocenters. The van der Waals surface area contributed by atoms with Crippen LogP contribution in [0.5, 0.6) is 0 Å². The number of benzene rings is 2. The summed E-state index contributed by atoms with van der Waals surface area (Å²) in [5.74, 6) is 0.504. The number of rotatable bonds is 3. The van der Waals surface area contributed by atoms with Crippen LogP contribution in [-0.4, -0.2) is 46.5 Å². The lowest BCUT2D eigenvalue weighted by Crippen LogP contribution is -2.65. The molecule has 0 N–H and O–H groups in total. The molecular formula is C24H20ClFN4O3. The van der Waals surface area contributed by atoms with Gasteiger partial charge in [-0.15, -0.1) is 0 Å². The number of hydrogen-bond acceptors (Lipinski definition) is 6. The summed E-state index contributed by atoms with van der Waals surface area (Å²) in [6.07, 6.45) is 0.880. The van der Waals surface area contributed by atoms with E-state index in [0.717, 1.165) is 13.0 Å². The summed E-state index contributed by atoms with van der Waals surface area (Å²) >= 11 is 6.07. The zero-order chi connectivity index (χ0) is 22.7. The van der Waals surface area contributed by atoms with Crippen molar-refractivity contribution in [1.29, 1.82) is 0 Å². The van der Waals surface area contributed by atoms with Gasteiger partial charge in [0.25, 0.3) is 11.9 Å². The van der Waals surface area contributed by atoms with E-state index >= 15 is 0 Å². The van der Waals surface area contributed by atoms with Gasteiger partial charge in [-0.1, -0.05) is 23.7 Å². The van der Waals surface area contributed by atoms with E-state index in [1.807, 2.05) is 6.07 Å². The topological polar surface area (TPSA) is 75.6 Å². The van der Waals surface area contributed by atoms with E-state index in [0.29, 0.717) is 58.4 Å². The first-order valence-corrected chi connectivity index (χ1v) is 11.2. The van der Waals surface area contributed by atoms with Gasteiger partial charge in [-0.25, -0.2) is 9.37 Å². The van der Waals surface area contributed by atoms with Gasteiger partial charge in [-0.2, -0.15) is 4.98 Å². The molecule has 4 aromatic rings. The van der Waals surface area contributed by atoms with E-state index in [1.165, 1.54) is 12.1 Å². The number of fused-ring (bicyclic) bond motifs is 2. The lowest BCUT2D eigenvalue weighted by Gasteiger charge is -2.52. The van der Waals surface area contributed by atoms with Gasteiger partial charge in [0.2, 0.25) is 0 Å². The quantitative estimate of drug-likeness (QED) is 0.426. The highest BCUT2D eigenvalue weighted by Gasteiger charge is 2.46. The fourth-order valence-electron chi connectivity index (χ4n) is 4.76. The molecule has 2 aromatic carbocycles. The third kappa shape index (κ3) is 3.45. The van der Waals surface area contributed by atoms with Crippen LogP contribution in [0.3, 0.4) is 0 Å². The highest BCUT2D eigenvalue weighted by molar-refractivity contribution is 6.31. The van der Waals surface area contributed by atoms with Gasteiger partial charge in [0, 0.05) is 43.1 Å². The molecule has 0 spiro atoms. The lowest BCUT2D eigenvalue weighted by molar-refractivity contribution is 0.0578. The van der Waals surface area contributed by atoms with Gasteiger partial charge < -0.3 is 18.6 Å². The molecule has 0 bridgehead atoms. The Bertz CT molecular complexity index is 1380. The molecule has 0 radical (unpaired) electrons. The Morgan fingerprint density at radius 3 is 2.88 bits per heavy atom. The molecule has 4 heterocycles. The molecule has 2 saturated heterocycles. The third-order valence-electron chi connectivity index (χ3n) is 6.45. The van der Waals surface area contributed by atoms with Crippen LogP contribution >= 0.6 is 11.6 Å². The summed E-state index contributed by atoms with van der Waals surface area (Å²) in [6, 6.07) is 12.0. The van der Waals surface area contributed by atoms with E-state index in [4.69, 9.17) is 20.4 Å². The van der Waals surface area contributed by atoms with E-state index in [1.54, 1.807) is 36.1 Å². The predicted octanol–water partition coefficient (Wildman–Crippen LogP) is 4.93. The molecule has 2 aliphatic rings. The highest BCUT2D eigenvalue weighted by Crippen LogP contribution is 2.38. The van der Waals surface area contributed by atoms with Crippen LogP contribution in [0.15, 0.2) is 51.3 Å². The summed E-state index contributed by atoms with van der Waals surface area (Å²) in [5.41, 5.74) is 2.09. The molecule has 7 nitrogen and oxygen atoms in total. The molecule has 2 fully saturated rings. The Labute approximate surface area is 193 Å². The van der Waals surface area contributed by atoms with Crippen LogP contribution in [-0.2, 0) is 0 Å². The second-order valence-electron chi connectivity index (χ2n) is 8.55. The maximum absolute atomic E-state index is 13.8. The average Bonchev–Trinajstić information content (AvgIpc) is 3.37. The van der Waals surface area contributed by atoms with Crippen molar-refractivity contribution in [2.75, 3.05) is 24.5 Å². The van der Waals surface area contributed by atoms with Crippen LogP contribution < -0.4 is 4.90 Å².